The fraction of sp³-hybridized carbons (Fsp3) is 0.533. The number of carbonyl (C=O) groups is 3. The maximum Gasteiger partial charge on any atom is 0.340 e. The summed E-state index contributed by atoms with van der Waals surface area (Å²) in [5, 5.41) is 3.08. The monoisotopic (exact) mass is 311 g/mol. The molecule has 22 heavy (non-hydrogen) atoms. The van der Waals surface area contributed by atoms with Gasteiger partial charge in [-0.1, -0.05) is 0 Å². The highest BCUT2D eigenvalue weighted by atomic mass is 16.5. The second-order valence-electron chi connectivity index (χ2n) is 5.69. The van der Waals surface area contributed by atoms with Crippen molar-refractivity contribution in [2.24, 2.45) is 0 Å². The molecule has 7 heteroatoms. The lowest BCUT2D eigenvalue weighted by molar-refractivity contribution is -0.138. The van der Waals surface area contributed by atoms with E-state index in [0.717, 1.165) is 6.08 Å². The topological polar surface area (TPSA) is 90.9 Å². The second-order valence-corrected chi connectivity index (χ2v) is 5.69. The molecule has 0 atom stereocenters. The Morgan fingerprint density at radius 2 is 1.86 bits per heavy atom. The third kappa shape index (κ3) is 4.61. The Morgan fingerprint density at radius 3 is 2.27 bits per heavy atom. The van der Waals surface area contributed by atoms with Crippen molar-refractivity contribution in [2.75, 3.05) is 20.8 Å². The third-order valence-electron chi connectivity index (χ3n) is 2.77. The fourth-order valence-electron chi connectivity index (χ4n) is 1.86. The van der Waals surface area contributed by atoms with E-state index in [2.05, 4.69) is 10.1 Å². The summed E-state index contributed by atoms with van der Waals surface area (Å²) in [7, 11) is 2.39. The Kier molecular flexibility index (Phi) is 5.73. The SMILES string of the molecule is COC(=O)/C=C(C(=O)OC)\C(NC(C)(C)C)=C1/CCOC1=O. The van der Waals surface area contributed by atoms with Gasteiger partial charge in [-0.2, -0.15) is 0 Å². The van der Waals surface area contributed by atoms with E-state index < -0.39 is 23.4 Å². The van der Waals surface area contributed by atoms with E-state index in [9.17, 15) is 14.4 Å². The molecule has 1 heterocycles. The fourth-order valence-corrected chi connectivity index (χ4v) is 1.86. The molecule has 1 N–H and O–H groups in total. The van der Waals surface area contributed by atoms with Gasteiger partial charge in [-0.15, -0.1) is 0 Å². The summed E-state index contributed by atoms with van der Waals surface area (Å²) in [5.41, 5.74) is 0.00916. The van der Waals surface area contributed by atoms with E-state index in [1.807, 2.05) is 20.8 Å². The Hall–Kier alpha value is -2.31. The molecule has 0 aliphatic carbocycles. The number of rotatable bonds is 4. The summed E-state index contributed by atoms with van der Waals surface area (Å²) < 4.78 is 14.2. The zero-order chi connectivity index (χ0) is 16.9. The lowest BCUT2D eigenvalue weighted by Gasteiger charge is -2.26. The Labute approximate surface area is 129 Å². The maximum atomic E-state index is 12.0. The molecule has 0 aromatic heterocycles. The number of hydrogen-bond acceptors (Lipinski definition) is 7. The van der Waals surface area contributed by atoms with Crippen LogP contribution in [0.2, 0.25) is 0 Å². The first kappa shape index (κ1) is 17.7. The van der Waals surface area contributed by atoms with Crippen molar-refractivity contribution >= 4 is 17.9 Å². The molecule has 1 rings (SSSR count). The molecular formula is C15H21NO6. The molecule has 1 fully saturated rings. The van der Waals surface area contributed by atoms with Crippen molar-refractivity contribution in [3.05, 3.63) is 22.9 Å². The molecule has 7 nitrogen and oxygen atoms in total. The number of hydrogen-bond donors (Lipinski definition) is 1. The molecule has 0 radical (unpaired) electrons. The van der Waals surface area contributed by atoms with E-state index in [1.165, 1.54) is 14.2 Å². The lowest BCUT2D eigenvalue weighted by Crippen LogP contribution is -2.38. The zero-order valence-electron chi connectivity index (χ0n) is 13.4. The second kappa shape index (κ2) is 7.11. The number of ether oxygens (including phenoxy) is 3. The van der Waals surface area contributed by atoms with E-state index >= 15 is 0 Å². The highest BCUT2D eigenvalue weighted by molar-refractivity contribution is 6.03. The van der Waals surface area contributed by atoms with Crippen LogP contribution in [0.15, 0.2) is 22.9 Å². The zero-order valence-corrected chi connectivity index (χ0v) is 13.4. The van der Waals surface area contributed by atoms with Crippen LogP contribution in [-0.4, -0.2) is 44.3 Å². The van der Waals surface area contributed by atoms with E-state index in [-0.39, 0.29) is 17.9 Å². The van der Waals surface area contributed by atoms with Crippen LogP contribution in [0.5, 0.6) is 0 Å². The molecule has 1 aliphatic heterocycles. The molecule has 0 amide bonds. The van der Waals surface area contributed by atoms with E-state index in [4.69, 9.17) is 9.47 Å². The van der Waals surface area contributed by atoms with Crippen molar-refractivity contribution in [1.29, 1.82) is 0 Å². The highest BCUT2D eigenvalue weighted by Crippen LogP contribution is 2.24. The third-order valence-corrected chi connectivity index (χ3v) is 2.77. The Balaban J connectivity index is 3.44. The summed E-state index contributed by atoms with van der Waals surface area (Å²) in [4.78, 5) is 35.4. The number of carbonyl (C=O) groups excluding carboxylic acids is 3. The van der Waals surface area contributed by atoms with Gasteiger partial charge in [0.1, 0.15) is 0 Å². The molecule has 0 unspecified atom stereocenters. The van der Waals surface area contributed by atoms with Crippen molar-refractivity contribution < 1.29 is 28.6 Å². The summed E-state index contributed by atoms with van der Waals surface area (Å²) in [5.74, 6) is -1.99. The van der Waals surface area contributed by atoms with Gasteiger partial charge in [0.05, 0.1) is 37.7 Å². The largest absolute Gasteiger partial charge is 0.466 e. The minimum absolute atomic E-state index is 0.0712. The van der Waals surface area contributed by atoms with Crippen molar-refractivity contribution in [3.63, 3.8) is 0 Å². The van der Waals surface area contributed by atoms with Crippen molar-refractivity contribution in [1.82, 2.24) is 5.32 Å². The first-order valence-corrected chi connectivity index (χ1v) is 6.76. The normalized spacial score (nSPS) is 17.7. The van der Waals surface area contributed by atoms with Crippen LogP contribution < -0.4 is 5.32 Å². The molecule has 1 aliphatic rings. The van der Waals surface area contributed by atoms with E-state index in [1.54, 1.807) is 0 Å². The van der Waals surface area contributed by atoms with Gasteiger partial charge in [-0.25, -0.2) is 14.4 Å². The molecule has 1 saturated heterocycles. The van der Waals surface area contributed by atoms with E-state index in [0.29, 0.717) is 12.0 Å². The molecule has 122 valence electrons. The number of nitrogens with one attached hydrogen (secondary N) is 1. The molecular weight excluding hydrogens is 290 g/mol. The van der Waals surface area contributed by atoms with Crippen molar-refractivity contribution in [3.8, 4) is 0 Å². The summed E-state index contributed by atoms with van der Waals surface area (Å²) in [6.45, 7) is 5.82. The minimum atomic E-state index is -0.746. The molecule has 0 aromatic carbocycles. The highest BCUT2D eigenvalue weighted by Gasteiger charge is 2.30. The van der Waals surface area contributed by atoms with Gasteiger partial charge in [0.25, 0.3) is 0 Å². The standard InChI is InChI=1S/C15H21NO6/c1-15(2,3)16-12(9-6-7-22-14(9)19)10(13(18)21-5)8-11(17)20-4/h8,16H,6-7H2,1-5H3/b10-8+,12-9-. The number of cyclic esters (lactones) is 1. The molecule has 0 aromatic rings. The van der Waals surface area contributed by atoms with Crippen LogP contribution in [0.25, 0.3) is 0 Å². The van der Waals surface area contributed by atoms with Crippen LogP contribution in [0, 0.1) is 0 Å². The molecule has 0 bridgehead atoms. The van der Waals surface area contributed by atoms with Gasteiger partial charge in [0.2, 0.25) is 0 Å². The van der Waals surface area contributed by atoms with Crippen LogP contribution in [0.4, 0.5) is 0 Å². The average Bonchev–Trinajstić information content (AvgIpc) is 2.86. The van der Waals surface area contributed by atoms with Crippen LogP contribution in [0.1, 0.15) is 27.2 Å². The summed E-state index contributed by atoms with van der Waals surface area (Å²) in [6.07, 6.45) is 1.34. The quantitative estimate of drug-likeness (QED) is 0.467. The van der Waals surface area contributed by atoms with Gasteiger partial charge in [0.15, 0.2) is 0 Å². The lowest BCUT2D eigenvalue weighted by atomic mass is 10.0. The predicted molar refractivity (Wildman–Crippen MR) is 77.6 cm³/mol. The van der Waals surface area contributed by atoms with Gasteiger partial charge >= 0.3 is 17.9 Å². The molecule has 0 saturated carbocycles. The minimum Gasteiger partial charge on any atom is -0.466 e. The van der Waals surface area contributed by atoms with Crippen LogP contribution >= 0.6 is 0 Å². The van der Waals surface area contributed by atoms with Crippen LogP contribution in [-0.2, 0) is 28.6 Å². The van der Waals surface area contributed by atoms with Crippen molar-refractivity contribution in [2.45, 2.75) is 32.7 Å². The maximum absolute atomic E-state index is 12.0. The predicted octanol–water partition coefficient (Wildman–Crippen LogP) is 0.848. The Bertz CT molecular complexity index is 539. The first-order valence-electron chi connectivity index (χ1n) is 6.76. The van der Waals surface area contributed by atoms with Crippen LogP contribution in [0.3, 0.4) is 0 Å². The van der Waals surface area contributed by atoms with Gasteiger partial charge in [-0.05, 0) is 20.8 Å². The number of methoxy groups -OCH3 is 2. The molecule has 0 spiro atoms. The van der Waals surface area contributed by atoms with Gasteiger partial charge in [0, 0.05) is 18.0 Å². The first-order chi connectivity index (χ1) is 10.2. The number of esters is 3. The summed E-state index contributed by atoms with van der Waals surface area (Å²) in [6, 6.07) is 0. The van der Waals surface area contributed by atoms with Gasteiger partial charge in [-0.3, -0.25) is 0 Å². The average molecular weight is 311 g/mol. The smallest absolute Gasteiger partial charge is 0.340 e. The summed E-state index contributed by atoms with van der Waals surface area (Å²) >= 11 is 0. The Morgan fingerprint density at radius 1 is 1.23 bits per heavy atom. The van der Waals surface area contributed by atoms with Gasteiger partial charge < -0.3 is 19.5 Å².